The molecule has 1 N–H and O–H groups in total. The van der Waals surface area contributed by atoms with Crippen molar-refractivity contribution in [3.8, 4) is 0 Å². The van der Waals surface area contributed by atoms with E-state index in [1.165, 1.54) is 16.7 Å². The van der Waals surface area contributed by atoms with Crippen molar-refractivity contribution in [1.29, 1.82) is 0 Å². The molecule has 0 saturated carbocycles. The van der Waals surface area contributed by atoms with Gasteiger partial charge in [-0.2, -0.15) is 0 Å². The second kappa shape index (κ2) is 6.02. The molecule has 0 radical (unpaired) electrons. The van der Waals surface area contributed by atoms with Crippen molar-refractivity contribution in [2.45, 2.75) is 39.3 Å². The molecular formula is C14H23NO. The summed E-state index contributed by atoms with van der Waals surface area (Å²) in [6, 6.07) is 6.98. The maximum absolute atomic E-state index is 5.38. The Morgan fingerprint density at radius 1 is 1.31 bits per heavy atom. The standard InChI is InChI=1S/C14H23NO/c1-10-6-7-11(2)13(8-10)9-14(15-4)12(3)16-5/h6-8,12,14-15H,9H2,1-5H3. The Hall–Kier alpha value is -0.860. The molecule has 0 amide bonds. The van der Waals surface area contributed by atoms with E-state index in [-0.39, 0.29) is 6.10 Å². The van der Waals surface area contributed by atoms with Crippen molar-refractivity contribution in [3.05, 3.63) is 34.9 Å². The normalized spacial score (nSPS) is 14.8. The summed E-state index contributed by atoms with van der Waals surface area (Å²) in [5, 5.41) is 3.32. The molecule has 0 bridgehead atoms. The van der Waals surface area contributed by atoms with Gasteiger partial charge >= 0.3 is 0 Å². The number of benzene rings is 1. The molecule has 0 aliphatic carbocycles. The van der Waals surface area contributed by atoms with Crippen molar-refractivity contribution < 1.29 is 4.74 Å². The predicted octanol–water partition coefficient (Wildman–Crippen LogP) is 2.47. The van der Waals surface area contributed by atoms with Gasteiger partial charge in [0.2, 0.25) is 0 Å². The largest absolute Gasteiger partial charge is 0.380 e. The molecule has 2 atom stereocenters. The number of ether oxygens (including phenoxy) is 1. The van der Waals surface area contributed by atoms with E-state index in [4.69, 9.17) is 4.74 Å². The summed E-state index contributed by atoms with van der Waals surface area (Å²) in [4.78, 5) is 0. The smallest absolute Gasteiger partial charge is 0.0699 e. The van der Waals surface area contributed by atoms with Crippen molar-refractivity contribution in [2.75, 3.05) is 14.2 Å². The zero-order valence-corrected chi connectivity index (χ0v) is 11.0. The van der Waals surface area contributed by atoms with Gasteiger partial charge in [-0.3, -0.25) is 0 Å². The van der Waals surface area contributed by atoms with Crippen LogP contribution in [0.3, 0.4) is 0 Å². The number of rotatable bonds is 5. The fourth-order valence-electron chi connectivity index (χ4n) is 1.92. The van der Waals surface area contributed by atoms with Gasteiger partial charge in [-0.05, 0) is 45.4 Å². The molecule has 2 nitrogen and oxygen atoms in total. The summed E-state index contributed by atoms with van der Waals surface area (Å²) >= 11 is 0. The first-order chi connectivity index (χ1) is 7.58. The van der Waals surface area contributed by atoms with E-state index in [9.17, 15) is 0 Å². The number of hydrogen-bond donors (Lipinski definition) is 1. The molecule has 0 aromatic heterocycles. The average Bonchev–Trinajstić information content (AvgIpc) is 2.29. The molecule has 0 spiro atoms. The minimum atomic E-state index is 0.227. The summed E-state index contributed by atoms with van der Waals surface area (Å²) in [5.74, 6) is 0. The van der Waals surface area contributed by atoms with Crippen molar-refractivity contribution >= 4 is 0 Å². The maximum Gasteiger partial charge on any atom is 0.0699 e. The van der Waals surface area contributed by atoms with Gasteiger partial charge in [-0.1, -0.05) is 23.8 Å². The van der Waals surface area contributed by atoms with Gasteiger partial charge < -0.3 is 10.1 Å². The molecule has 0 fully saturated rings. The first-order valence-electron chi connectivity index (χ1n) is 5.84. The van der Waals surface area contributed by atoms with Gasteiger partial charge in [-0.15, -0.1) is 0 Å². The van der Waals surface area contributed by atoms with E-state index in [0.29, 0.717) is 6.04 Å². The Bertz CT molecular complexity index is 336. The van der Waals surface area contributed by atoms with Crippen molar-refractivity contribution in [2.24, 2.45) is 0 Å². The van der Waals surface area contributed by atoms with Crippen LogP contribution >= 0.6 is 0 Å². The van der Waals surface area contributed by atoms with E-state index in [1.807, 2.05) is 7.05 Å². The molecular weight excluding hydrogens is 198 g/mol. The SMILES string of the molecule is CNC(Cc1cc(C)ccc1C)C(C)OC. The molecule has 1 aromatic rings. The third-order valence-corrected chi connectivity index (χ3v) is 3.25. The van der Waals surface area contributed by atoms with E-state index < -0.39 is 0 Å². The highest BCUT2D eigenvalue weighted by Gasteiger charge is 2.16. The summed E-state index contributed by atoms with van der Waals surface area (Å²) in [6.45, 7) is 6.41. The first-order valence-corrected chi connectivity index (χ1v) is 5.84. The molecule has 0 saturated heterocycles. The van der Waals surface area contributed by atoms with Crippen LogP contribution < -0.4 is 5.32 Å². The maximum atomic E-state index is 5.38. The quantitative estimate of drug-likeness (QED) is 0.824. The van der Waals surface area contributed by atoms with Gasteiger partial charge in [-0.25, -0.2) is 0 Å². The lowest BCUT2D eigenvalue weighted by Crippen LogP contribution is -2.38. The number of hydrogen-bond acceptors (Lipinski definition) is 2. The fraction of sp³-hybridized carbons (Fsp3) is 0.571. The highest BCUT2D eigenvalue weighted by Crippen LogP contribution is 2.14. The van der Waals surface area contributed by atoms with Crippen LogP contribution in [0.25, 0.3) is 0 Å². The van der Waals surface area contributed by atoms with Crippen molar-refractivity contribution in [1.82, 2.24) is 5.32 Å². The lowest BCUT2D eigenvalue weighted by Gasteiger charge is -2.23. The van der Waals surface area contributed by atoms with E-state index >= 15 is 0 Å². The zero-order chi connectivity index (χ0) is 12.1. The molecule has 0 aliphatic heterocycles. The van der Waals surface area contributed by atoms with Crippen molar-refractivity contribution in [3.63, 3.8) is 0 Å². The lowest BCUT2D eigenvalue weighted by molar-refractivity contribution is 0.0856. The molecule has 16 heavy (non-hydrogen) atoms. The second-order valence-corrected chi connectivity index (χ2v) is 4.47. The van der Waals surface area contributed by atoms with Crippen LogP contribution in [0.15, 0.2) is 18.2 Å². The monoisotopic (exact) mass is 221 g/mol. The van der Waals surface area contributed by atoms with Crippen LogP contribution in [0.2, 0.25) is 0 Å². The van der Waals surface area contributed by atoms with E-state index in [2.05, 4.69) is 44.3 Å². The topological polar surface area (TPSA) is 21.3 Å². The predicted molar refractivity (Wildman–Crippen MR) is 68.9 cm³/mol. The summed E-state index contributed by atoms with van der Waals surface area (Å²) in [7, 11) is 3.75. The molecule has 2 unspecified atom stereocenters. The number of aryl methyl sites for hydroxylation is 2. The Morgan fingerprint density at radius 3 is 2.56 bits per heavy atom. The van der Waals surface area contributed by atoms with Crippen LogP contribution in [-0.2, 0) is 11.2 Å². The van der Waals surface area contributed by atoms with Crippen LogP contribution in [0.1, 0.15) is 23.6 Å². The Morgan fingerprint density at radius 2 is 2.00 bits per heavy atom. The molecule has 90 valence electrons. The van der Waals surface area contributed by atoms with Crippen LogP contribution in [0, 0.1) is 13.8 Å². The average molecular weight is 221 g/mol. The van der Waals surface area contributed by atoms with Crippen LogP contribution in [0.5, 0.6) is 0 Å². The first kappa shape index (κ1) is 13.2. The summed E-state index contributed by atoms with van der Waals surface area (Å²) < 4.78 is 5.38. The van der Waals surface area contributed by atoms with Gasteiger partial charge in [0.25, 0.3) is 0 Å². The van der Waals surface area contributed by atoms with Gasteiger partial charge in [0.1, 0.15) is 0 Å². The number of likely N-dealkylation sites (N-methyl/N-ethyl adjacent to an activating group) is 1. The second-order valence-electron chi connectivity index (χ2n) is 4.47. The molecule has 1 aromatic carbocycles. The lowest BCUT2D eigenvalue weighted by atomic mass is 9.97. The molecule has 1 rings (SSSR count). The minimum Gasteiger partial charge on any atom is -0.380 e. The summed E-state index contributed by atoms with van der Waals surface area (Å²) in [5.41, 5.74) is 4.08. The Balaban J connectivity index is 2.81. The van der Waals surface area contributed by atoms with Gasteiger partial charge in [0.05, 0.1) is 6.10 Å². The minimum absolute atomic E-state index is 0.227. The fourth-order valence-corrected chi connectivity index (χ4v) is 1.92. The van der Waals surface area contributed by atoms with E-state index in [0.717, 1.165) is 6.42 Å². The Kier molecular flexibility index (Phi) is 4.97. The number of methoxy groups -OCH3 is 1. The van der Waals surface area contributed by atoms with Gasteiger partial charge in [0, 0.05) is 13.2 Å². The van der Waals surface area contributed by atoms with Crippen LogP contribution in [0.4, 0.5) is 0 Å². The molecule has 0 heterocycles. The summed E-state index contributed by atoms with van der Waals surface area (Å²) in [6.07, 6.45) is 1.24. The van der Waals surface area contributed by atoms with E-state index in [1.54, 1.807) is 7.11 Å². The zero-order valence-electron chi connectivity index (χ0n) is 11.0. The van der Waals surface area contributed by atoms with Gasteiger partial charge in [0.15, 0.2) is 0 Å². The van der Waals surface area contributed by atoms with Crippen LogP contribution in [-0.4, -0.2) is 26.3 Å². The molecule has 2 heteroatoms. The third kappa shape index (κ3) is 3.32. The third-order valence-electron chi connectivity index (χ3n) is 3.25. The number of nitrogens with one attached hydrogen (secondary N) is 1. The Labute approximate surface area is 99.0 Å². The highest BCUT2D eigenvalue weighted by molar-refractivity contribution is 5.31. The molecule has 0 aliphatic rings. The highest BCUT2D eigenvalue weighted by atomic mass is 16.5.